The predicted octanol–water partition coefficient (Wildman–Crippen LogP) is 2.86. The number of aryl methyl sites for hydroxylation is 3. The summed E-state index contributed by atoms with van der Waals surface area (Å²) >= 11 is 1.73. The topological polar surface area (TPSA) is 72.2 Å². The van der Waals surface area contributed by atoms with Crippen molar-refractivity contribution in [2.24, 2.45) is 0 Å². The average Bonchev–Trinajstić information content (AvgIpc) is 3.14. The largest absolute Gasteiger partial charge is 0.343 e. The summed E-state index contributed by atoms with van der Waals surface area (Å²) in [6, 6.07) is 1.68. The summed E-state index contributed by atoms with van der Waals surface area (Å²) in [6.07, 6.45) is 8.09. The van der Waals surface area contributed by atoms with Crippen LogP contribution in [0.4, 0.5) is 0 Å². The maximum absolute atomic E-state index is 12.7. The van der Waals surface area contributed by atoms with Crippen LogP contribution in [-0.4, -0.2) is 25.5 Å². The SMILES string of the molecule is Cc1nn2cccnc2c1C(=O)N[C@H](C)c1nc2c(s1)CCCC2. The maximum atomic E-state index is 12.7. The first-order chi connectivity index (χ1) is 11.6. The fraction of sp³-hybridized carbons (Fsp3) is 0.412. The van der Waals surface area contributed by atoms with Crippen LogP contribution in [0.2, 0.25) is 0 Å². The summed E-state index contributed by atoms with van der Waals surface area (Å²) in [7, 11) is 0. The maximum Gasteiger partial charge on any atom is 0.257 e. The second kappa shape index (κ2) is 5.98. The van der Waals surface area contributed by atoms with Gasteiger partial charge in [-0.05, 0) is 45.6 Å². The van der Waals surface area contributed by atoms with Gasteiger partial charge in [0.2, 0.25) is 0 Å². The van der Waals surface area contributed by atoms with Gasteiger partial charge in [-0.15, -0.1) is 11.3 Å². The Morgan fingerprint density at radius 3 is 3.04 bits per heavy atom. The molecule has 3 aromatic heterocycles. The minimum atomic E-state index is -0.151. The number of thiazole rings is 1. The molecule has 124 valence electrons. The first-order valence-electron chi connectivity index (χ1n) is 8.23. The van der Waals surface area contributed by atoms with Gasteiger partial charge in [-0.2, -0.15) is 5.10 Å². The van der Waals surface area contributed by atoms with Crippen LogP contribution in [-0.2, 0) is 12.8 Å². The Bertz CT molecular complexity index is 889. The summed E-state index contributed by atoms with van der Waals surface area (Å²) in [4.78, 5) is 23.1. The molecule has 0 spiro atoms. The van der Waals surface area contributed by atoms with Crippen molar-refractivity contribution in [1.29, 1.82) is 0 Å². The van der Waals surface area contributed by atoms with Gasteiger partial charge in [0.05, 0.1) is 17.4 Å². The summed E-state index contributed by atoms with van der Waals surface area (Å²) in [5, 5.41) is 8.39. The number of fused-ring (bicyclic) bond motifs is 2. The summed E-state index contributed by atoms with van der Waals surface area (Å²) in [5.74, 6) is -0.151. The number of nitrogens with zero attached hydrogens (tertiary/aromatic N) is 4. The monoisotopic (exact) mass is 341 g/mol. The van der Waals surface area contributed by atoms with Gasteiger partial charge in [-0.25, -0.2) is 14.5 Å². The normalized spacial score (nSPS) is 15.2. The average molecular weight is 341 g/mol. The quantitative estimate of drug-likeness (QED) is 0.795. The Labute approximate surface area is 143 Å². The molecule has 0 aromatic carbocycles. The van der Waals surface area contributed by atoms with Gasteiger partial charge < -0.3 is 5.32 Å². The Balaban J connectivity index is 1.59. The van der Waals surface area contributed by atoms with Crippen molar-refractivity contribution in [3.05, 3.63) is 45.3 Å². The summed E-state index contributed by atoms with van der Waals surface area (Å²) in [6.45, 7) is 3.81. The molecule has 0 radical (unpaired) electrons. The van der Waals surface area contributed by atoms with Crippen molar-refractivity contribution < 1.29 is 4.79 Å². The van der Waals surface area contributed by atoms with E-state index in [0.29, 0.717) is 16.9 Å². The predicted molar refractivity (Wildman–Crippen MR) is 92.4 cm³/mol. The van der Waals surface area contributed by atoms with E-state index in [2.05, 4.69) is 15.4 Å². The molecule has 0 bridgehead atoms. The molecule has 0 saturated carbocycles. The highest BCUT2D eigenvalue weighted by molar-refractivity contribution is 7.11. The number of carbonyl (C=O) groups is 1. The van der Waals surface area contributed by atoms with Crippen molar-refractivity contribution in [2.75, 3.05) is 0 Å². The van der Waals surface area contributed by atoms with Crippen molar-refractivity contribution in [1.82, 2.24) is 24.9 Å². The lowest BCUT2D eigenvalue weighted by Gasteiger charge is -2.10. The molecule has 0 fully saturated rings. The van der Waals surface area contributed by atoms with Crippen LogP contribution in [0.3, 0.4) is 0 Å². The number of hydrogen-bond donors (Lipinski definition) is 1. The Morgan fingerprint density at radius 2 is 2.21 bits per heavy atom. The highest BCUT2D eigenvalue weighted by Gasteiger charge is 2.23. The molecule has 0 aliphatic heterocycles. The number of hydrogen-bond acceptors (Lipinski definition) is 5. The van der Waals surface area contributed by atoms with E-state index in [1.807, 2.05) is 13.8 Å². The van der Waals surface area contributed by atoms with E-state index in [1.54, 1.807) is 34.3 Å². The smallest absolute Gasteiger partial charge is 0.257 e. The Kier molecular flexibility index (Phi) is 3.80. The minimum absolute atomic E-state index is 0.119. The molecule has 0 unspecified atom stereocenters. The third-order valence-corrected chi connectivity index (χ3v) is 5.72. The zero-order chi connectivity index (χ0) is 16.7. The van der Waals surface area contributed by atoms with Gasteiger partial charge in [-0.1, -0.05) is 0 Å². The Morgan fingerprint density at radius 1 is 1.38 bits per heavy atom. The highest BCUT2D eigenvalue weighted by atomic mass is 32.1. The molecule has 3 heterocycles. The second-order valence-electron chi connectivity index (χ2n) is 6.17. The standard InChI is InChI=1S/C17H19N5OS/c1-10-14(15-18-8-5-9-22(15)21-10)16(23)19-11(2)17-20-12-6-3-4-7-13(12)24-17/h5,8-9,11H,3-4,6-7H2,1-2H3,(H,19,23)/t11-/m1/s1. The summed E-state index contributed by atoms with van der Waals surface area (Å²) < 4.78 is 1.64. The van der Waals surface area contributed by atoms with Gasteiger partial charge in [0.1, 0.15) is 10.6 Å². The van der Waals surface area contributed by atoms with Crippen molar-refractivity contribution >= 4 is 22.9 Å². The number of rotatable bonds is 3. The Hall–Kier alpha value is -2.28. The van der Waals surface area contributed by atoms with Gasteiger partial charge in [-0.3, -0.25) is 4.79 Å². The fourth-order valence-electron chi connectivity index (χ4n) is 3.15. The van der Waals surface area contributed by atoms with E-state index in [1.165, 1.54) is 23.4 Å². The van der Waals surface area contributed by atoms with Gasteiger partial charge in [0, 0.05) is 17.3 Å². The molecule has 1 aliphatic rings. The van der Waals surface area contributed by atoms with E-state index >= 15 is 0 Å². The zero-order valence-corrected chi connectivity index (χ0v) is 14.6. The number of nitrogens with one attached hydrogen (secondary N) is 1. The van der Waals surface area contributed by atoms with Crippen molar-refractivity contribution in [3.63, 3.8) is 0 Å². The molecular weight excluding hydrogens is 322 g/mol. The lowest BCUT2D eigenvalue weighted by atomic mass is 10.0. The van der Waals surface area contributed by atoms with Crippen LogP contribution in [0, 0.1) is 6.92 Å². The fourth-order valence-corrected chi connectivity index (χ4v) is 4.31. The number of aromatic nitrogens is 4. The molecular formula is C17H19N5OS. The van der Waals surface area contributed by atoms with Crippen LogP contribution >= 0.6 is 11.3 Å². The van der Waals surface area contributed by atoms with Crippen LogP contribution < -0.4 is 5.32 Å². The highest BCUT2D eigenvalue weighted by Crippen LogP contribution is 2.30. The molecule has 1 atom stereocenters. The lowest BCUT2D eigenvalue weighted by Crippen LogP contribution is -2.27. The third-order valence-electron chi connectivity index (χ3n) is 4.38. The molecule has 3 aromatic rings. The third kappa shape index (κ3) is 2.58. The number of carbonyl (C=O) groups excluding carboxylic acids is 1. The number of amides is 1. The molecule has 7 heteroatoms. The second-order valence-corrected chi connectivity index (χ2v) is 7.29. The lowest BCUT2D eigenvalue weighted by molar-refractivity contribution is 0.0940. The molecule has 24 heavy (non-hydrogen) atoms. The molecule has 1 N–H and O–H groups in total. The minimum Gasteiger partial charge on any atom is -0.343 e. The van der Waals surface area contributed by atoms with Gasteiger partial charge in [0.15, 0.2) is 5.65 Å². The van der Waals surface area contributed by atoms with Gasteiger partial charge >= 0.3 is 0 Å². The van der Waals surface area contributed by atoms with Gasteiger partial charge in [0.25, 0.3) is 5.91 Å². The first-order valence-corrected chi connectivity index (χ1v) is 9.04. The van der Waals surface area contributed by atoms with Crippen LogP contribution in [0.15, 0.2) is 18.5 Å². The van der Waals surface area contributed by atoms with Crippen molar-refractivity contribution in [2.45, 2.75) is 45.6 Å². The van der Waals surface area contributed by atoms with E-state index < -0.39 is 0 Å². The molecule has 1 amide bonds. The molecule has 1 aliphatic carbocycles. The molecule has 6 nitrogen and oxygen atoms in total. The van der Waals surface area contributed by atoms with Crippen molar-refractivity contribution in [3.8, 4) is 0 Å². The van der Waals surface area contributed by atoms with Crippen LogP contribution in [0.1, 0.15) is 57.4 Å². The summed E-state index contributed by atoms with van der Waals surface area (Å²) in [5.41, 5.74) is 3.01. The van der Waals surface area contributed by atoms with Crippen LogP contribution in [0.25, 0.3) is 5.65 Å². The molecule has 4 rings (SSSR count). The van der Waals surface area contributed by atoms with E-state index in [0.717, 1.165) is 17.8 Å². The van der Waals surface area contributed by atoms with E-state index in [-0.39, 0.29) is 11.9 Å². The van der Waals surface area contributed by atoms with E-state index in [9.17, 15) is 4.79 Å². The molecule has 0 saturated heterocycles. The van der Waals surface area contributed by atoms with Crippen LogP contribution in [0.5, 0.6) is 0 Å². The first kappa shape index (κ1) is 15.3. The zero-order valence-electron chi connectivity index (χ0n) is 13.7. The van der Waals surface area contributed by atoms with E-state index in [4.69, 9.17) is 4.98 Å².